The van der Waals surface area contributed by atoms with E-state index in [-0.39, 0.29) is 18.4 Å². The summed E-state index contributed by atoms with van der Waals surface area (Å²) in [6.45, 7) is 1.97. The molecule has 0 radical (unpaired) electrons. The molecular formula is C21H24N4O2. The Kier molecular flexibility index (Phi) is 4.81. The van der Waals surface area contributed by atoms with Crippen molar-refractivity contribution in [1.82, 2.24) is 19.8 Å². The number of imide groups is 1. The molecule has 1 saturated heterocycles. The van der Waals surface area contributed by atoms with Gasteiger partial charge in [0, 0.05) is 30.3 Å². The van der Waals surface area contributed by atoms with E-state index in [0.29, 0.717) is 11.6 Å². The number of aromatic amines is 1. The normalized spacial score (nSPS) is 15.9. The molecule has 6 heteroatoms. The van der Waals surface area contributed by atoms with Crippen molar-refractivity contribution < 1.29 is 9.59 Å². The van der Waals surface area contributed by atoms with Crippen LogP contribution >= 0.6 is 0 Å². The highest BCUT2D eigenvalue weighted by atomic mass is 16.2. The van der Waals surface area contributed by atoms with E-state index in [1.807, 2.05) is 6.07 Å². The summed E-state index contributed by atoms with van der Waals surface area (Å²) in [5, 5.41) is 3.78. The standard InChI is InChI=1S/C21H24N4O2/c1-24-10-4-7-19(24)21(27)23-20(26)14-25-11-8-15(9-12-25)17-13-22-18-6-3-2-5-16(17)18/h2-7,10,13,15,22H,8-9,11-12,14H2,1H3,(H,23,26,27). The Morgan fingerprint density at radius 1 is 1.15 bits per heavy atom. The fourth-order valence-electron chi connectivity index (χ4n) is 3.96. The first-order valence-electron chi connectivity index (χ1n) is 9.35. The van der Waals surface area contributed by atoms with Crippen LogP contribution in [0.5, 0.6) is 0 Å². The van der Waals surface area contributed by atoms with E-state index in [4.69, 9.17) is 0 Å². The molecule has 0 unspecified atom stereocenters. The molecule has 1 aliphatic rings. The number of likely N-dealkylation sites (tertiary alicyclic amines) is 1. The number of nitrogens with one attached hydrogen (secondary N) is 2. The number of hydrogen-bond acceptors (Lipinski definition) is 3. The summed E-state index contributed by atoms with van der Waals surface area (Å²) < 4.78 is 1.70. The summed E-state index contributed by atoms with van der Waals surface area (Å²) in [7, 11) is 1.79. The van der Waals surface area contributed by atoms with E-state index in [9.17, 15) is 9.59 Å². The SMILES string of the molecule is Cn1cccc1C(=O)NC(=O)CN1CCC(c2c[nH]c3ccccc23)CC1. The number of carbonyl (C=O) groups is 2. The molecular weight excluding hydrogens is 340 g/mol. The largest absolute Gasteiger partial charge is 0.361 e. The average Bonchev–Trinajstić information content (AvgIpc) is 3.28. The Morgan fingerprint density at radius 2 is 1.93 bits per heavy atom. The van der Waals surface area contributed by atoms with Gasteiger partial charge in [-0.05, 0) is 55.6 Å². The van der Waals surface area contributed by atoms with Gasteiger partial charge in [-0.1, -0.05) is 18.2 Å². The first-order valence-corrected chi connectivity index (χ1v) is 9.35. The van der Waals surface area contributed by atoms with Gasteiger partial charge < -0.3 is 9.55 Å². The number of aryl methyl sites for hydroxylation is 1. The van der Waals surface area contributed by atoms with Gasteiger partial charge in [-0.25, -0.2) is 0 Å². The zero-order valence-corrected chi connectivity index (χ0v) is 15.4. The highest BCUT2D eigenvalue weighted by Gasteiger charge is 2.24. The van der Waals surface area contributed by atoms with Crippen LogP contribution in [0.1, 0.15) is 34.8 Å². The summed E-state index contributed by atoms with van der Waals surface area (Å²) in [5.74, 6) is -0.0848. The fraction of sp³-hybridized carbons (Fsp3) is 0.333. The minimum Gasteiger partial charge on any atom is -0.361 e. The first-order chi connectivity index (χ1) is 13.1. The maximum Gasteiger partial charge on any atom is 0.274 e. The Hall–Kier alpha value is -2.86. The second kappa shape index (κ2) is 7.40. The Bertz CT molecular complexity index is 963. The molecule has 6 nitrogen and oxygen atoms in total. The van der Waals surface area contributed by atoms with Crippen LogP contribution in [0.4, 0.5) is 0 Å². The molecule has 1 aromatic carbocycles. The highest BCUT2D eigenvalue weighted by Crippen LogP contribution is 2.32. The smallest absolute Gasteiger partial charge is 0.274 e. The van der Waals surface area contributed by atoms with Gasteiger partial charge in [0.2, 0.25) is 5.91 Å². The van der Waals surface area contributed by atoms with Crippen LogP contribution in [-0.2, 0) is 11.8 Å². The minimum absolute atomic E-state index is 0.244. The lowest BCUT2D eigenvalue weighted by atomic mass is 9.89. The molecule has 140 valence electrons. The van der Waals surface area contributed by atoms with Crippen molar-refractivity contribution in [3.63, 3.8) is 0 Å². The van der Waals surface area contributed by atoms with Crippen LogP contribution < -0.4 is 5.32 Å². The first kappa shape index (κ1) is 17.5. The van der Waals surface area contributed by atoms with Crippen molar-refractivity contribution in [2.24, 2.45) is 7.05 Å². The average molecular weight is 364 g/mol. The van der Waals surface area contributed by atoms with Crippen LogP contribution in [0.15, 0.2) is 48.8 Å². The predicted molar refractivity (Wildman–Crippen MR) is 105 cm³/mol. The van der Waals surface area contributed by atoms with Gasteiger partial charge in [-0.3, -0.25) is 19.8 Å². The van der Waals surface area contributed by atoms with Gasteiger partial charge in [-0.15, -0.1) is 0 Å². The van der Waals surface area contributed by atoms with Crippen LogP contribution in [0, 0.1) is 0 Å². The molecule has 3 aromatic rings. The van der Waals surface area contributed by atoms with Crippen molar-refractivity contribution in [2.45, 2.75) is 18.8 Å². The van der Waals surface area contributed by atoms with E-state index in [1.54, 1.807) is 29.9 Å². The number of piperidine rings is 1. The number of rotatable bonds is 4. The zero-order chi connectivity index (χ0) is 18.8. The fourth-order valence-corrected chi connectivity index (χ4v) is 3.96. The van der Waals surface area contributed by atoms with Crippen molar-refractivity contribution in [2.75, 3.05) is 19.6 Å². The molecule has 1 fully saturated rings. The molecule has 4 rings (SSSR count). The van der Waals surface area contributed by atoms with E-state index < -0.39 is 0 Å². The number of amides is 2. The Labute approximate surface area is 158 Å². The molecule has 0 saturated carbocycles. The molecule has 0 aliphatic carbocycles. The summed E-state index contributed by atoms with van der Waals surface area (Å²) in [4.78, 5) is 29.8. The third kappa shape index (κ3) is 3.66. The third-order valence-corrected chi connectivity index (χ3v) is 5.45. The van der Waals surface area contributed by atoms with Gasteiger partial charge in [0.25, 0.3) is 5.91 Å². The summed E-state index contributed by atoms with van der Waals surface area (Å²) >= 11 is 0. The molecule has 0 atom stereocenters. The molecule has 0 spiro atoms. The second-order valence-corrected chi connectivity index (χ2v) is 7.22. The molecule has 2 aromatic heterocycles. The number of carbonyl (C=O) groups excluding carboxylic acids is 2. The minimum atomic E-state index is -0.346. The number of hydrogen-bond donors (Lipinski definition) is 2. The Balaban J connectivity index is 1.31. The monoisotopic (exact) mass is 364 g/mol. The van der Waals surface area contributed by atoms with Gasteiger partial charge >= 0.3 is 0 Å². The lowest BCUT2D eigenvalue weighted by Crippen LogP contribution is -2.43. The van der Waals surface area contributed by atoms with E-state index >= 15 is 0 Å². The van der Waals surface area contributed by atoms with Crippen LogP contribution in [0.25, 0.3) is 10.9 Å². The summed E-state index contributed by atoms with van der Waals surface area (Å²) in [6, 6.07) is 11.9. The van der Waals surface area contributed by atoms with Crippen LogP contribution in [-0.4, -0.2) is 45.9 Å². The Morgan fingerprint density at radius 3 is 2.67 bits per heavy atom. The molecule has 1 aliphatic heterocycles. The third-order valence-electron chi connectivity index (χ3n) is 5.45. The van der Waals surface area contributed by atoms with E-state index in [2.05, 4.69) is 39.6 Å². The van der Waals surface area contributed by atoms with Crippen molar-refractivity contribution in [1.29, 1.82) is 0 Å². The summed E-state index contributed by atoms with van der Waals surface area (Å²) in [5.41, 5.74) is 3.03. The van der Waals surface area contributed by atoms with Crippen LogP contribution in [0.2, 0.25) is 0 Å². The quantitative estimate of drug-likeness (QED) is 0.748. The number of para-hydroxylation sites is 1. The van der Waals surface area contributed by atoms with Gasteiger partial charge in [0.1, 0.15) is 5.69 Å². The lowest BCUT2D eigenvalue weighted by Gasteiger charge is -2.31. The van der Waals surface area contributed by atoms with E-state index in [1.165, 1.54) is 16.5 Å². The topological polar surface area (TPSA) is 70.1 Å². The predicted octanol–water partition coefficient (Wildman–Crippen LogP) is 2.64. The highest BCUT2D eigenvalue weighted by molar-refractivity contribution is 6.04. The van der Waals surface area contributed by atoms with Crippen molar-refractivity contribution >= 4 is 22.7 Å². The van der Waals surface area contributed by atoms with Crippen LogP contribution in [0.3, 0.4) is 0 Å². The molecule has 27 heavy (non-hydrogen) atoms. The maximum atomic E-state index is 12.2. The molecule has 2 amide bonds. The molecule has 0 bridgehead atoms. The number of benzene rings is 1. The number of aromatic nitrogens is 2. The lowest BCUT2D eigenvalue weighted by molar-refractivity contribution is -0.121. The number of nitrogens with zero attached hydrogens (tertiary/aromatic N) is 2. The zero-order valence-electron chi connectivity index (χ0n) is 15.4. The second-order valence-electron chi connectivity index (χ2n) is 7.22. The molecule has 3 heterocycles. The van der Waals surface area contributed by atoms with Gasteiger partial charge in [0.05, 0.1) is 6.54 Å². The number of H-pyrrole nitrogens is 1. The van der Waals surface area contributed by atoms with Crippen molar-refractivity contribution in [3.8, 4) is 0 Å². The van der Waals surface area contributed by atoms with Crippen molar-refractivity contribution in [3.05, 3.63) is 60.0 Å². The number of fused-ring (bicyclic) bond motifs is 1. The van der Waals surface area contributed by atoms with E-state index in [0.717, 1.165) is 25.9 Å². The van der Waals surface area contributed by atoms with Gasteiger partial charge in [0.15, 0.2) is 0 Å². The summed E-state index contributed by atoms with van der Waals surface area (Å²) in [6.07, 6.45) is 5.94. The maximum absolute atomic E-state index is 12.2. The molecule has 2 N–H and O–H groups in total. The van der Waals surface area contributed by atoms with Gasteiger partial charge in [-0.2, -0.15) is 0 Å².